The van der Waals surface area contributed by atoms with E-state index in [4.69, 9.17) is 5.73 Å². The molecule has 0 aliphatic rings. The third-order valence-electron chi connectivity index (χ3n) is 2.85. The van der Waals surface area contributed by atoms with Gasteiger partial charge in [0.05, 0.1) is 12.1 Å². The first-order valence-electron chi connectivity index (χ1n) is 6.03. The Hall–Kier alpha value is -1.88. The van der Waals surface area contributed by atoms with E-state index >= 15 is 0 Å². The number of thiazole rings is 1. The Balaban J connectivity index is 2.11. The second kappa shape index (κ2) is 5.40. The third-order valence-corrected chi connectivity index (χ3v) is 3.58. The van der Waals surface area contributed by atoms with Gasteiger partial charge in [0, 0.05) is 11.1 Å². The minimum atomic E-state index is -0.0691. The molecule has 0 radical (unpaired) electrons. The highest BCUT2D eigenvalue weighted by Crippen LogP contribution is 2.22. The van der Waals surface area contributed by atoms with Gasteiger partial charge >= 0.3 is 0 Å². The molecule has 19 heavy (non-hydrogen) atoms. The number of carbonyl (C=O) groups is 1. The van der Waals surface area contributed by atoms with Crippen molar-refractivity contribution in [3.05, 3.63) is 39.9 Å². The molecule has 0 aliphatic heterocycles. The number of nitrogens with one attached hydrogen (secondary N) is 1. The number of rotatable bonds is 3. The van der Waals surface area contributed by atoms with Crippen molar-refractivity contribution < 1.29 is 4.79 Å². The van der Waals surface area contributed by atoms with Crippen molar-refractivity contribution in [2.24, 2.45) is 0 Å². The molecule has 0 atom stereocenters. The fraction of sp³-hybridized carbons (Fsp3) is 0.286. The van der Waals surface area contributed by atoms with E-state index in [1.54, 1.807) is 0 Å². The van der Waals surface area contributed by atoms with Gasteiger partial charge in [-0.2, -0.15) is 0 Å². The predicted octanol–water partition coefficient (Wildman–Crippen LogP) is 2.83. The molecule has 0 saturated carbocycles. The zero-order chi connectivity index (χ0) is 14.0. The average Bonchev–Trinajstić information content (AvgIpc) is 2.69. The van der Waals surface area contributed by atoms with E-state index in [1.807, 2.05) is 26.2 Å². The first-order chi connectivity index (χ1) is 8.95. The first-order valence-corrected chi connectivity index (χ1v) is 6.91. The molecule has 0 unspecified atom stereocenters. The van der Waals surface area contributed by atoms with Crippen LogP contribution >= 0.6 is 11.3 Å². The molecule has 100 valence electrons. The van der Waals surface area contributed by atoms with Gasteiger partial charge < -0.3 is 11.1 Å². The van der Waals surface area contributed by atoms with Gasteiger partial charge in [-0.25, -0.2) is 4.98 Å². The summed E-state index contributed by atoms with van der Waals surface area (Å²) in [5, 5.41) is 5.25. The zero-order valence-corrected chi connectivity index (χ0v) is 12.1. The van der Waals surface area contributed by atoms with Gasteiger partial charge in [0.1, 0.15) is 0 Å². The molecular weight excluding hydrogens is 258 g/mol. The second-order valence-electron chi connectivity index (χ2n) is 4.68. The Morgan fingerprint density at radius 1 is 1.32 bits per heavy atom. The fourth-order valence-corrected chi connectivity index (χ4v) is 2.69. The number of nitrogen functional groups attached to an aromatic ring is 1. The number of aryl methyl sites for hydroxylation is 3. The largest absolute Gasteiger partial charge is 0.375 e. The number of anilines is 2. The number of nitrogens with two attached hydrogens (primary N) is 1. The molecule has 1 amide bonds. The molecule has 0 spiro atoms. The summed E-state index contributed by atoms with van der Waals surface area (Å²) >= 11 is 1.35. The number of aromatic nitrogens is 1. The summed E-state index contributed by atoms with van der Waals surface area (Å²) in [6.45, 7) is 6.04. The molecule has 4 nitrogen and oxygen atoms in total. The minimum Gasteiger partial charge on any atom is -0.375 e. The van der Waals surface area contributed by atoms with Gasteiger partial charge in [0.2, 0.25) is 5.91 Å². The van der Waals surface area contributed by atoms with Gasteiger partial charge in [0.25, 0.3) is 0 Å². The van der Waals surface area contributed by atoms with Crippen LogP contribution in [0.5, 0.6) is 0 Å². The summed E-state index contributed by atoms with van der Waals surface area (Å²) in [5.41, 5.74) is 10.5. The maximum atomic E-state index is 12.0. The van der Waals surface area contributed by atoms with Crippen molar-refractivity contribution in [1.29, 1.82) is 0 Å². The van der Waals surface area contributed by atoms with E-state index in [2.05, 4.69) is 22.4 Å². The van der Waals surface area contributed by atoms with Crippen LogP contribution in [0, 0.1) is 20.8 Å². The van der Waals surface area contributed by atoms with Crippen LogP contribution in [0.2, 0.25) is 0 Å². The highest BCUT2D eigenvalue weighted by molar-refractivity contribution is 7.13. The molecule has 1 aromatic heterocycles. The molecule has 0 fully saturated rings. The van der Waals surface area contributed by atoms with Crippen LogP contribution in [0.1, 0.15) is 22.4 Å². The summed E-state index contributed by atoms with van der Waals surface area (Å²) in [6, 6.07) is 4.12. The molecule has 2 rings (SSSR count). The summed E-state index contributed by atoms with van der Waals surface area (Å²) in [7, 11) is 0. The highest BCUT2D eigenvalue weighted by Gasteiger charge is 2.10. The van der Waals surface area contributed by atoms with Crippen LogP contribution in [0.3, 0.4) is 0 Å². The van der Waals surface area contributed by atoms with Crippen LogP contribution in [0.4, 0.5) is 10.8 Å². The molecule has 2 aromatic rings. The first kappa shape index (κ1) is 13.5. The van der Waals surface area contributed by atoms with E-state index in [0.717, 1.165) is 16.8 Å². The maximum Gasteiger partial charge on any atom is 0.230 e. The van der Waals surface area contributed by atoms with Crippen molar-refractivity contribution in [3.8, 4) is 0 Å². The Kier molecular flexibility index (Phi) is 3.85. The number of amides is 1. The van der Waals surface area contributed by atoms with Crippen molar-refractivity contribution >= 4 is 28.1 Å². The summed E-state index contributed by atoms with van der Waals surface area (Å²) in [6.07, 6.45) is 0.250. The van der Waals surface area contributed by atoms with Gasteiger partial charge in [-0.1, -0.05) is 17.7 Å². The minimum absolute atomic E-state index is 0.0691. The van der Waals surface area contributed by atoms with Crippen LogP contribution in [-0.4, -0.2) is 10.9 Å². The average molecular weight is 275 g/mol. The lowest BCUT2D eigenvalue weighted by Crippen LogP contribution is -2.16. The quantitative estimate of drug-likeness (QED) is 0.905. The Labute approximate surface area is 116 Å². The molecule has 0 aliphatic carbocycles. The molecule has 0 bridgehead atoms. The molecule has 1 aromatic carbocycles. The Morgan fingerprint density at radius 2 is 1.95 bits per heavy atom. The highest BCUT2D eigenvalue weighted by atomic mass is 32.1. The second-order valence-corrected chi connectivity index (χ2v) is 5.57. The maximum absolute atomic E-state index is 12.0. The van der Waals surface area contributed by atoms with E-state index in [-0.39, 0.29) is 12.3 Å². The fourth-order valence-electron chi connectivity index (χ4n) is 2.13. The molecule has 3 N–H and O–H groups in total. The lowest BCUT2D eigenvalue weighted by molar-refractivity contribution is -0.115. The number of nitrogens with zero attached hydrogens (tertiary/aromatic N) is 1. The molecule has 0 saturated heterocycles. The van der Waals surface area contributed by atoms with Gasteiger partial charge in [-0.3, -0.25) is 4.79 Å². The van der Waals surface area contributed by atoms with Gasteiger partial charge in [-0.15, -0.1) is 11.3 Å². The smallest absolute Gasteiger partial charge is 0.230 e. The van der Waals surface area contributed by atoms with Crippen molar-refractivity contribution in [1.82, 2.24) is 4.98 Å². The summed E-state index contributed by atoms with van der Waals surface area (Å²) < 4.78 is 0. The number of hydrogen-bond donors (Lipinski definition) is 2. The van der Waals surface area contributed by atoms with Crippen LogP contribution in [0.25, 0.3) is 0 Å². The number of hydrogen-bond acceptors (Lipinski definition) is 4. The van der Waals surface area contributed by atoms with Gasteiger partial charge in [-0.05, 0) is 31.9 Å². The Morgan fingerprint density at radius 3 is 2.47 bits per heavy atom. The topological polar surface area (TPSA) is 68.0 Å². The molecular formula is C14H17N3OS. The molecule has 1 heterocycles. The van der Waals surface area contributed by atoms with Crippen LogP contribution in [-0.2, 0) is 11.2 Å². The molecule has 5 heteroatoms. The van der Waals surface area contributed by atoms with E-state index in [0.29, 0.717) is 10.8 Å². The lowest BCUT2D eigenvalue weighted by atomic mass is 10.0. The van der Waals surface area contributed by atoms with Crippen LogP contribution in [0.15, 0.2) is 17.5 Å². The van der Waals surface area contributed by atoms with E-state index < -0.39 is 0 Å². The lowest BCUT2D eigenvalue weighted by Gasteiger charge is -2.12. The number of carbonyl (C=O) groups excluding carboxylic acids is 1. The zero-order valence-electron chi connectivity index (χ0n) is 11.3. The standard InChI is InChI=1S/C14H17N3OS/c1-8-4-9(2)13(10(3)5-8)17-12(18)6-11-7-19-14(15)16-11/h4-5,7H,6H2,1-3H3,(H2,15,16)(H,17,18). The SMILES string of the molecule is Cc1cc(C)c(NC(=O)Cc2csc(N)n2)c(C)c1. The summed E-state index contributed by atoms with van der Waals surface area (Å²) in [4.78, 5) is 16.1. The predicted molar refractivity (Wildman–Crippen MR) is 79.5 cm³/mol. The Bertz CT molecular complexity index is 596. The van der Waals surface area contributed by atoms with Crippen LogP contribution < -0.4 is 11.1 Å². The van der Waals surface area contributed by atoms with Crippen molar-refractivity contribution in [2.45, 2.75) is 27.2 Å². The van der Waals surface area contributed by atoms with Crippen molar-refractivity contribution in [3.63, 3.8) is 0 Å². The monoisotopic (exact) mass is 275 g/mol. The van der Waals surface area contributed by atoms with E-state index in [9.17, 15) is 4.79 Å². The van der Waals surface area contributed by atoms with Crippen molar-refractivity contribution in [2.75, 3.05) is 11.1 Å². The van der Waals surface area contributed by atoms with Gasteiger partial charge in [0.15, 0.2) is 5.13 Å². The third kappa shape index (κ3) is 3.32. The number of benzene rings is 1. The summed E-state index contributed by atoms with van der Waals surface area (Å²) in [5.74, 6) is -0.0691. The normalized spacial score (nSPS) is 10.5. The van der Waals surface area contributed by atoms with E-state index in [1.165, 1.54) is 16.9 Å².